The molecule has 2 aromatic carbocycles. The van der Waals surface area contributed by atoms with Crippen LogP contribution in [0, 0.1) is 11.6 Å². The maximum Gasteiger partial charge on any atom is 0.185 e. The van der Waals surface area contributed by atoms with E-state index in [4.69, 9.17) is 4.98 Å². The smallest absolute Gasteiger partial charge is 0.185 e. The number of benzene rings is 2. The van der Waals surface area contributed by atoms with Gasteiger partial charge in [-0.25, -0.2) is 22.2 Å². The number of thiazole rings is 1. The van der Waals surface area contributed by atoms with Gasteiger partial charge in [-0.1, -0.05) is 31.2 Å². The Morgan fingerprint density at radius 3 is 2.39 bits per heavy atom. The molecule has 0 spiro atoms. The number of aromatic nitrogens is 1. The van der Waals surface area contributed by atoms with E-state index in [9.17, 15) is 17.2 Å². The van der Waals surface area contributed by atoms with Crippen molar-refractivity contribution >= 4 is 26.3 Å². The molecule has 1 saturated heterocycles. The lowest BCUT2D eigenvalue weighted by atomic mass is 10.1. The zero-order chi connectivity index (χ0) is 22.0. The zero-order valence-corrected chi connectivity index (χ0v) is 18.9. The van der Waals surface area contributed by atoms with Gasteiger partial charge in [-0.2, -0.15) is 0 Å². The fourth-order valence-corrected chi connectivity index (χ4v) is 6.53. The second-order valence-electron chi connectivity index (χ2n) is 7.77. The third-order valence-corrected chi connectivity index (χ3v) is 8.95. The van der Waals surface area contributed by atoms with Gasteiger partial charge in [0.25, 0.3) is 0 Å². The Morgan fingerprint density at radius 1 is 1.06 bits per heavy atom. The number of piperidine rings is 1. The van der Waals surface area contributed by atoms with Gasteiger partial charge in [0.2, 0.25) is 0 Å². The SMILES string of the molecule is CCc1ccc(Cc2csc(N3CCC(S(=O)(=O)c4ccc(F)cc4F)CC3)n2)cc1. The minimum absolute atomic E-state index is 0.381. The maximum absolute atomic E-state index is 14.0. The number of sulfone groups is 1. The first-order valence-corrected chi connectivity index (χ1v) is 12.8. The highest BCUT2D eigenvalue weighted by atomic mass is 32.2. The summed E-state index contributed by atoms with van der Waals surface area (Å²) in [5.41, 5.74) is 3.51. The summed E-state index contributed by atoms with van der Waals surface area (Å²) in [7, 11) is -3.84. The number of anilines is 1. The largest absolute Gasteiger partial charge is 0.348 e. The summed E-state index contributed by atoms with van der Waals surface area (Å²) < 4.78 is 52.8. The fraction of sp³-hybridized carbons (Fsp3) is 0.348. The van der Waals surface area contributed by atoms with Crippen LogP contribution in [0.25, 0.3) is 0 Å². The highest BCUT2D eigenvalue weighted by molar-refractivity contribution is 7.92. The molecule has 8 heteroatoms. The van der Waals surface area contributed by atoms with Gasteiger partial charge in [0.05, 0.1) is 10.9 Å². The molecule has 0 aliphatic carbocycles. The number of nitrogens with zero attached hydrogens (tertiary/aromatic N) is 2. The number of aryl methyl sites for hydroxylation is 1. The van der Waals surface area contributed by atoms with Crippen molar-refractivity contribution in [1.82, 2.24) is 4.98 Å². The molecule has 0 unspecified atom stereocenters. The summed E-state index contributed by atoms with van der Waals surface area (Å²) in [6, 6.07) is 11.2. The average molecular weight is 463 g/mol. The normalized spacial score (nSPS) is 15.4. The Kier molecular flexibility index (Phi) is 6.39. The van der Waals surface area contributed by atoms with Crippen molar-refractivity contribution in [2.45, 2.75) is 42.8 Å². The number of hydrogen-bond acceptors (Lipinski definition) is 5. The van der Waals surface area contributed by atoms with E-state index in [2.05, 4.69) is 36.1 Å². The van der Waals surface area contributed by atoms with Gasteiger partial charge in [-0.05, 0) is 42.5 Å². The van der Waals surface area contributed by atoms with Crippen LogP contribution in [0.4, 0.5) is 13.9 Å². The lowest BCUT2D eigenvalue weighted by Gasteiger charge is -2.31. The number of hydrogen-bond donors (Lipinski definition) is 0. The van der Waals surface area contributed by atoms with Gasteiger partial charge in [0, 0.05) is 31.0 Å². The standard InChI is InChI=1S/C23H24F2N2O2S2/c1-2-16-3-5-17(6-4-16)13-19-15-30-23(26-19)27-11-9-20(10-12-27)31(28,29)22-8-7-18(24)14-21(22)25/h3-8,14-15,20H,2,9-13H2,1H3. The van der Waals surface area contributed by atoms with Gasteiger partial charge in [0.15, 0.2) is 15.0 Å². The van der Waals surface area contributed by atoms with Crippen LogP contribution in [0.15, 0.2) is 52.7 Å². The minimum atomic E-state index is -3.84. The van der Waals surface area contributed by atoms with Crippen LogP contribution < -0.4 is 4.90 Å². The fourth-order valence-electron chi connectivity index (χ4n) is 3.87. The van der Waals surface area contributed by atoms with Gasteiger partial charge in [0.1, 0.15) is 16.5 Å². The van der Waals surface area contributed by atoms with Crippen molar-refractivity contribution < 1.29 is 17.2 Å². The van der Waals surface area contributed by atoms with Crippen molar-refractivity contribution in [3.8, 4) is 0 Å². The lowest BCUT2D eigenvalue weighted by Crippen LogP contribution is -2.39. The molecule has 0 N–H and O–H groups in total. The molecule has 1 aliphatic heterocycles. The summed E-state index contributed by atoms with van der Waals surface area (Å²) in [5.74, 6) is -1.81. The first-order valence-electron chi connectivity index (χ1n) is 10.3. The quantitative estimate of drug-likeness (QED) is 0.483. The first-order chi connectivity index (χ1) is 14.9. The maximum atomic E-state index is 14.0. The first kappa shape index (κ1) is 21.9. The Bertz CT molecular complexity index is 1150. The van der Waals surface area contributed by atoms with Crippen molar-refractivity contribution in [3.05, 3.63) is 76.3 Å². The minimum Gasteiger partial charge on any atom is -0.348 e. The molecule has 0 amide bonds. The molecule has 2 heterocycles. The zero-order valence-electron chi connectivity index (χ0n) is 17.2. The Balaban J connectivity index is 1.39. The van der Waals surface area contributed by atoms with E-state index in [0.29, 0.717) is 32.0 Å². The van der Waals surface area contributed by atoms with E-state index in [0.717, 1.165) is 35.8 Å². The summed E-state index contributed by atoms with van der Waals surface area (Å²) in [6.45, 7) is 3.20. The summed E-state index contributed by atoms with van der Waals surface area (Å²) in [4.78, 5) is 6.40. The number of rotatable bonds is 6. The molecule has 1 fully saturated rings. The number of halogens is 2. The Labute approximate surface area is 185 Å². The van der Waals surface area contributed by atoms with E-state index in [1.165, 1.54) is 11.1 Å². The molecular weight excluding hydrogens is 438 g/mol. The van der Waals surface area contributed by atoms with Crippen LogP contribution in [0.3, 0.4) is 0 Å². The molecule has 1 aromatic heterocycles. The summed E-state index contributed by atoms with van der Waals surface area (Å²) >= 11 is 1.56. The van der Waals surface area contributed by atoms with Crippen LogP contribution >= 0.6 is 11.3 Å². The lowest BCUT2D eigenvalue weighted by molar-refractivity contribution is 0.516. The molecule has 31 heavy (non-hydrogen) atoms. The molecule has 4 nitrogen and oxygen atoms in total. The highest BCUT2D eigenvalue weighted by Gasteiger charge is 2.33. The molecule has 0 radical (unpaired) electrons. The van der Waals surface area contributed by atoms with Crippen molar-refractivity contribution in [2.24, 2.45) is 0 Å². The molecule has 0 atom stereocenters. The predicted octanol–water partition coefficient (Wildman–Crippen LogP) is 5.02. The monoisotopic (exact) mass is 462 g/mol. The molecule has 1 aliphatic rings. The van der Waals surface area contributed by atoms with E-state index in [-0.39, 0.29) is 0 Å². The molecular formula is C23H24F2N2O2S2. The van der Waals surface area contributed by atoms with Crippen LogP contribution in [0.2, 0.25) is 0 Å². The van der Waals surface area contributed by atoms with Crippen molar-refractivity contribution in [1.29, 1.82) is 0 Å². The Hall–Kier alpha value is -2.32. The van der Waals surface area contributed by atoms with Gasteiger partial charge in [-0.15, -0.1) is 11.3 Å². The van der Waals surface area contributed by atoms with E-state index < -0.39 is 31.6 Å². The third-order valence-electron chi connectivity index (χ3n) is 5.71. The molecule has 4 rings (SSSR count). The molecule has 3 aromatic rings. The van der Waals surface area contributed by atoms with Crippen molar-refractivity contribution in [3.63, 3.8) is 0 Å². The van der Waals surface area contributed by atoms with Crippen molar-refractivity contribution in [2.75, 3.05) is 18.0 Å². The highest BCUT2D eigenvalue weighted by Crippen LogP contribution is 2.30. The summed E-state index contributed by atoms with van der Waals surface area (Å²) in [6.07, 6.45) is 2.54. The van der Waals surface area contributed by atoms with Crippen LogP contribution in [-0.4, -0.2) is 31.7 Å². The predicted molar refractivity (Wildman–Crippen MR) is 120 cm³/mol. The van der Waals surface area contributed by atoms with E-state index in [1.807, 2.05) is 5.38 Å². The third kappa shape index (κ3) is 4.80. The van der Waals surface area contributed by atoms with Gasteiger partial charge >= 0.3 is 0 Å². The van der Waals surface area contributed by atoms with Crippen LogP contribution in [-0.2, 0) is 22.7 Å². The molecule has 0 bridgehead atoms. The van der Waals surface area contributed by atoms with Crippen LogP contribution in [0.5, 0.6) is 0 Å². The second-order valence-corrected chi connectivity index (χ2v) is 10.8. The van der Waals surface area contributed by atoms with Gasteiger partial charge in [-0.3, -0.25) is 0 Å². The summed E-state index contributed by atoms with van der Waals surface area (Å²) in [5, 5.41) is 2.24. The van der Waals surface area contributed by atoms with Crippen LogP contribution in [0.1, 0.15) is 36.6 Å². The van der Waals surface area contributed by atoms with E-state index >= 15 is 0 Å². The Morgan fingerprint density at radius 2 is 1.74 bits per heavy atom. The average Bonchev–Trinajstić information content (AvgIpc) is 3.22. The van der Waals surface area contributed by atoms with E-state index in [1.54, 1.807) is 11.3 Å². The second kappa shape index (κ2) is 9.04. The topological polar surface area (TPSA) is 50.3 Å². The molecule has 0 saturated carbocycles. The van der Waals surface area contributed by atoms with Gasteiger partial charge < -0.3 is 4.90 Å². The molecule has 164 valence electrons.